The lowest BCUT2D eigenvalue weighted by Gasteiger charge is -2.27. The normalized spacial score (nSPS) is 37.1. The minimum absolute atomic E-state index is 0.0578. The molecule has 1 aliphatic heterocycles. The first-order chi connectivity index (χ1) is 6.77. The van der Waals surface area contributed by atoms with E-state index in [9.17, 15) is 9.90 Å². The maximum absolute atomic E-state index is 10.9. The predicted molar refractivity (Wildman–Crippen MR) is 61.3 cm³/mol. The number of hydrogen-bond acceptors (Lipinski definition) is 4. The fourth-order valence-electron chi connectivity index (χ4n) is 2.28. The summed E-state index contributed by atoms with van der Waals surface area (Å²) in [5.74, 6) is 0.309. The van der Waals surface area contributed by atoms with Gasteiger partial charge < -0.3 is 9.90 Å². The van der Waals surface area contributed by atoms with E-state index in [1.807, 2.05) is 6.26 Å². The first-order valence-corrected chi connectivity index (χ1v) is 6.96. The minimum Gasteiger partial charge on any atom is -0.389 e. The van der Waals surface area contributed by atoms with Gasteiger partial charge in [-0.1, -0.05) is 0 Å². The molecule has 14 heavy (non-hydrogen) atoms. The fraction of sp³-hybridized carbons (Fsp3) is 0.700. The van der Waals surface area contributed by atoms with Gasteiger partial charge in [-0.3, -0.25) is 0 Å². The first-order valence-electron chi connectivity index (χ1n) is 4.86. The highest BCUT2D eigenvalue weighted by Crippen LogP contribution is 2.51. The van der Waals surface area contributed by atoms with E-state index < -0.39 is 0 Å². The standard InChI is InChI=1S/C10H14O2S2/c1-13-10-9-6(8(5-11)14-10)3-2-4-7(9)12/h5-8,12H,2-4H2,1H3/t6-,7?,8?/m1/s1. The molecule has 0 aromatic heterocycles. The summed E-state index contributed by atoms with van der Waals surface area (Å²) in [5.41, 5.74) is 1.14. The van der Waals surface area contributed by atoms with Crippen LogP contribution in [-0.4, -0.2) is 29.0 Å². The second-order valence-corrected chi connectivity index (χ2v) is 5.98. The van der Waals surface area contributed by atoms with Crippen molar-refractivity contribution in [3.05, 3.63) is 9.81 Å². The minimum atomic E-state index is -0.298. The summed E-state index contributed by atoms with van der Waals surface area (Å²) in [4.78, 5) is 10.9. The molecule has 0 spiro atoms. The zero-order valence-corrected chi connectivity index (χ0v) is 9.74. The topological polar surface area (TPSA) is 37.3 Å². The quantitative estimate of drug-likeness (QED) is 0.737. The van der Waals surface area contributed by atoms with Crippen LogP contribution in [-0.2, 0) is 4.79 Å². The zero-order valence-electron chi connectivity index (χ0n) is 8.10. The lowest BCUT2D eigenvalue weighted by molar-refractivity contribution is -0.108. The van der Waals surface area contributed by atoms with Crippen LogP contribution in [0.2, 0.25) is 0 Å². The summed E-state index contributed by atoms with van der Waals surface area (Å²) < 4.78 is 1.18. The summed E-state index contributed by atoms with van der Waals surface area (Å²) in [5, 5.41) is 9.95. The van der Waals surface area contributed by atoms with E-state index >= 15 is 0 Å². The average Bonchev–Trinajstić information content (AvgIpc) is 2.57. The van der Waals surface area contributed by atoms with Crippen molar-refractivity contribution in [3.8, 4) is 0 Å². The molecule has 2 aliphatic rings. The van der Waals surface area contributed by atoms with Crippen molar-refractivity contribution in [3.63, 3.8) is 0 Å². The summed E-state index contributed by atoms with van der Waals surface area (Å²) >= 11 is 3.30. The number of fused-ring (bicyclic) bond motifs is 1. The number of rotatable bonds is 2. The Morgan fingerprint density at radius 3 is 3.00 bits per heavy atom. The lowest BCUT2D eigenvalue weighted by Crippen LogP contribution is -2.27. The van der Waals surface area contributed by atoms with Gasteiger partial charge in [-0.15, -0.1) is 23.5 Å². The largest absolute Gasteiger partial charge is 0.389 e. The Morgan fingerprint density at radius 1 is 1.57 bits per heavy atom. The number of carbonyl (C=O) groups excluding carboxylic acids is 1. The van der Waals surface area contributed by atoms with Crippen molar-refractivity contribution in [2.24, 2.45) is 5.92 Å². The molecule has 0 aromatic rings. The van der Waals surface area contributed by atoms with Gasteiger partial charge in [-0.05, 0) is 31.1 Å². The molecule has 1 saturated carbocycles. The van der Waals surface area contributed by atoms with Crippen molar-refractivity contribution in [2.75, 3.05) is 6.26 Å². The van der Waals surface area contributed by atoms with Gasteiger partial charge in [0.15, 0.2) is 0 Å². The third-order valence-electron chi connectivity index (χ3n) is 2.95. The molecule has 2 unspecified atom stereocenters. The molecule has 2 rings (SSSR count). The molecule has 0 aromatic carbocycles. The van der Waals surface area contributed by atoms with E-state index in [4.69, 9.17) is 0 Å². The highest BCUT2D eigenvalue weighted by molar-refractivity contribution is 8.22. The molecule has 1 aliphatic carbocycles. The Hall–Kier alpha value is 0.0700. The average molecular weight is 230 g/mol. The molecule has 3 atom stereocenters. The molecule has 1 heterocycles. The van der Waals surface area contributed by atoms with Gasteiger partial charge in [0.1, 0.15) is 6.29 Å². The Kier molecular flexibility index (Phi) is 3.24. The SMILES string of the molecule is CSC1=C2C(O)CCC[C@@H]2C(C=O)S1. The van der Waals surface area contributed by atoms with E-state index in [2.05, 4.69) is 0 Å². The molecule has 4 heteroatoms. The Balaban J connectivity index is 2.28. The van der Waals surface area contributed by atoms with Crippen molar-refractivity contribution < 1.29 is 9.90 Å². The number of aliphatic hydroxyl groups is 1. The van der Waals surface area contributed by atoms with E-state index in [1.54, 1.807) is 23.5 Å². The van der Waals surface area contributed by atoms with Gasteiger partial charge >= 0.3 is 0 Å². The molecule has 0 bridgehead atoms. The molecular formula is C10H14O2S2. The van der Waals surface area contributed by atoms with Gasteiger partial charge in [0.2, 0.25) is 0 Å². The van der Waals surface area contributed by atoms with Crippen LogP contribution in [0.25, 0.3) is 0 Å². The Bertz CT molecular complexity index is 275. The maximum Gasteiger partial charge on any atom is 0.133 e. The van der Waals surface area contributed by atoms with E-state index in [0.29, 0.717) is 5.92 Å². The van der Waals surface area contributed by atoms with Crippen molar-refractivity contribution >= 4 is 29.8 Å². The highest BCUT2D eigenvalue weighted by atomic mass is 32.2. The van der Waals surface area contributed by atoms with Gasteiger partial charge in [-0.2, -0.15) is 0 Å². The molecular weight excluding hydrogens is 216 g/mol. The smallest absolute Gasteiger partial charge is 0.133 e. The van der Waals surface area contributed by atoms with Crippen molar-refractivity contribution in [1.82, 2.24) is 0 Å². The molecule has 0 radical (unpaired) electrons. The van der Waals surface area contributed by atoms with Crippen molar-refractivity contribution in [2.45, 2.75) is 30.6 Å². The number of aldehydes is 1. The molecule has 0 saturated heterocycles. The van der Waals surface area contributed by atoms with Gasteiger partial charge in [-0.25, -0.2) is 0 Å². The summed E-state index contributed by atoms with van der Waals surface area (Å²) in [6.45, 7) is 0. The molecule has 1 N–H and O–H groups in total. The second-order valence-electron chi connectivity index (χ2n) is 3.72. The molecule has 1 fully saturated rings. The van der Waals surface area contributed by atoms with Crippen LogP contribution in [0.15, 0.2) is 9.81 Å². The van der Waals surface area contributed by atoms with Crippen LogP contribution in [0.5, 0.6) is 0 Å². The number of carbonyl (C=O) groups is 1. The highest BCUT2D eigenvalue weighted by Gasteiger charge is 2.40. The van der Waals surface area contributed by atoms with Crippen LogP contribution in [0.1, 0.15) is 19.3 Å². The lowest BCUT2D eigenvalue weighted by atomic mass is 9.81. The Labute approximate surface area is 92.5 Å². The van der Waals surface area contributed by atoms with Crippen LogP contribution in [0, 0.1) is 5.92 Å². The molecule has 0 amide bonds. The second kappa shape index (κ2) is 4.29. The fourth-order valence-corrected chi connectivity index (χ4v) is 4.69. The third kappa shape index (κ3) is 1.64. The maximum atomic E-state index is 10.9. The third-order valence-corrected chi connectivity index (χ3v) is 5.50. The predicted octanol–water partition coefficient (Wildman–Crippen LogP) is 2.04. The van der Waals surface area contributed by atoms with Crippen LogP contribution in [0.3, 0.4) is 0 Å². The number of hydrogen-bond donors (Lipinski definition) is 1. The van der Waals surface area contributed by atoms with Crippen LogP contribution >= 0.6 is 23.5 Å². The molecule has 78 valence electrons. The van der Waals surface area contributed by atoms with E-state index in [0.717, 1.165) is 31.1 Å². The van der Waals surface area contributed by atoms with E-state index in [-0.39, 0.29) is 11.4 Å². The summed E-state index contributed by atoms with van der Waals surface area (Å²) in [6, 6.07) is 0. The Morgan fingerprint density at radius 2 is 2.36 bits per heavy atom. The van der Waals surface area contributed by atoms with Gasteiger partial charge in [0, 0.05) is 10.2 Å². The van der Waals surface area contributed by atoms with E-state index in [1.165, 1.54) is 4.24 Å². The summed E-state index contributed by atoms with van der Waals surface area (Å²) in [7, 11) is 0. The number of thioether (sulfide) groups is 2. The van der Waals surface area contributed by atoms with Gasteiger partial charge in [0.05, 0.1) is 11.4 Å². The van der Waals surface area contributed by atoms with Gasteiger partial charge in [0.25, 0.3) is 0 Å². The zero-order chi connectivity index (χ0) is 10.1. The summed E-state index contributed by atoms with van der Waals surface area (Å²) in [6.07, 6.45) is 5.72. The van der Waals surface area contributed by atoms with Crippen LogP contribution in [0.4, 0.5) is 0 Å². The van der Waals surface area contributed by atoms with Crippen LogP contribution < -0.4 is 0 Å². The molecule has 2 nitrogen and oxygen atoms in total. The monoisotopic (exact) mass is 230 g/mol. The number of aliphatic hydroxyl groups excluding tert-OH is 1. The first kappa shape index (κ1) is 10.6. The van der Waals surface area contributed by atoms with Crippen molar-refractivity contribution in [1.29, 1.82) is 0 Å².